The summed E-state index contributed by atoms with van der Waals surface area (Å²) in [6, 6.07) is 9.64. The molecule has 1 aromatic heterocycles. The van der Waals surface area contributed by atoms with Crippen LogP contribution >= 0.6 is 15.9 Å². The van der Waals surface area contributed by atoms with Crippen molar-refractivity contribution in [1.29, 1.82) is 0 Å². The lowest BCUT2D eigenvalue weighted by Crippen LogP contribution is -1.89. The molecule has 0 bridgehead atoms. The average Bonchev–Trinajstić information content (AvgIpc) is 2.56. The predicted molar refractivity (Wildman–Crippen MR) is 61.7 cm³/mol. The first-order chi connectivity index (χ1) is 7.24. The van der Waals surface area contributed by atoms with E-state index in [1.54, 1.807) is 11.7 Å². The molecule has 0 atom stereocenters. The van der Waals surface area contributed by atoms with Gasteiger partial charge in [-0.15, -0.1) is 0 Å². The Bertz CT molecular complexity index is 491. The minimum atomic E-state index is 0.587. The van der Waals surface area contributed by atoms with Crippen LogP contribution in [0.25, 0.3) is 11.3 Å². The lowest BCUT2D eigenvalue weighted by Gasteiger charge is -1.95. The number of hydrogen-bond donors (Lipinski definition) is 0. The predicted octanol–water partition coefficient (Wildman–Crippen LogP) is 2.66. The average molecular weight is 265 g/mol. The molecule has 0 unspecified atom stereocenters. The van der Waals surface area contributed by atoms with Gasteiger partial charge in [-0.05, 0) is 15.9 Å². The Kier molecular flexibility index (Phi) is 2.68. The molecule has 0 fully saturated rings. The third-order valence-electron chi connectivity index (χ3n) is 2.18. The van der Waals surface area contributed by atoms with Gasteiger partial charge in [0.05, 0.1) is 5.56 Å². The highest BCUT2D eigenvalue weighted by atomic mass is 79.9. The summed E-state index contributed by atoms with van der Waals surface area (Å²) in [5, 5.41) is 4.29. The van der Waals surface area contributed by atoms with E-state index in [9.17, 15) is 4.79 Å². The van der Waals surface area contributed by atoms with Crippen molar-refractivity contribution in [3.63, 3.8) is 0 Å². The van der Waals surface area contributed by atoms with Crippen LogP contribution in [-0.2, 0) is 7.05 Å². The normalized spacial score (nSPS) is 10.3. The minimum Gasteiger partial charge on any atom is -0.298 e. The number of carbonyl (C=O) groups is 1. The molecule has 0 saturated carbocycles. The first-order valence-corrected chi connectivity index (χ1v) is 5.26. The van der Waals surface area contributed by atoms with Crippen LogP contribution in [0.3, 0.4) is 0 Å². The monoisotopic (exact) mass is 264 g/mol. The molecule has 0 amide bonds. The summed E-state index contributed by atoms with van der Waals surface area (Å²) in [6.07, 6.45) is 0.819. The number of aromatic nitrogens is 2. The number of carbonyl (C=O) groups excluding carboxylic acids is 1. The zero-order chi connectivity index (χ0) is 10.8. The number of halogens is 1. The highest BCUT2D eigenvalue weighted by Crippen LogP contribution is 2.26. The molecule has 2 aromatic rings. The fraction of sp³-hybridized carbons (Fsp3) is 0.0909. The number of rotatable bonds is 2. The quantitative estimate of drug-likeness (QED) is 0.782. The Morgan fingerprint density at radius 2 is 2.00 bits per heavy atom. The van der Waals surface area contributed by atoms with Crippen LogP contribution in [-0.4, -0.2) is 16.1 Å². The summed E-state index contributed by atoms with van der Waals surface area (Å²) < 4.78 is 2.35. The minimum absolute atomic E-state index is 0.587. The highest BCUT2D eigenvalue weighted by molar-refractivity contribution is 9.10. The van der Waals surface area contributed by atoms with Crippen molar-refractivity contribution in [3.05, 3.63) is 40.5 Å². The summed E-state index contributed by atoms with van der Waals surface area (Å²) in [4.78, 5) is 11.0. The molecule has 1 heterocycles. The van der Waals surface area contributed by atoms with Crippen molar-refractivity contribution in [1.82, 2.24) is 9.78 Å². The molecule has 0 saturated heterocycles. The Balaban J connectivity index is 2.63. The van der Waals surface area contributed by atoms with Crippen LogP contribution in [0.5, 0.6) is 0 Å². The molecule has 0 radical (unpaired) electrons. The Labute approximate surface area is 95.9 Å². The zero-order valence-electron chi connectivity index (χ0n) is 8.14. The summed E-state index contributed by atoms with van der Waals surface area (Å²) in [5.41, 5.74) is 2.24. The Hall–Kier alpha value is -1.42. The maximum atomic E-state index is 11.0. The van der Waals surface area contributed by atoms with E-state index < -0.39 is 0 Å². The molecule has 0 N–H and O–H groups in total. The molecule has 2 rings (SSSR count). The van der Waals surface area contributed by atoms with E-state index in [0.29, 0.717) is 15.9 Å². The fourth-order valence-electron chi connectivity index (χ4n) is 1.43. The van der Waals surface area contributed by atoms with Gasteiger partial charge in [0, 0.05) is 12.6 Å². The van der Waals surface area contributed by atoms with Crippen LogP contribution in [0.4, 0.5) is 0 Å². The molecule has 3 nitrogen and oxygen atoms in total. The van der Waals surface area contributed by atoms with E-state index in [0.717, 1.165) is 11.8 Å². The van der Waals surface area contributed by atoms with Crippen LogP contribution in [0.2, 0.25) is 0 Å². The molecule has 0 aliphatic carbocycles. The lowest BCUT2D eigenvalue weighted by atomic mass is 10.1. The molecular formula is C11H9BrN2O. The van der Waals surface area contributed by atoms with Crippen LogP contribution in [0.15, 0.2) is 34.9 Å². The molecule has 0 aliphatic heterocycles. The van der Waals surface area contributed by atoms with Gasteiger partial charge in [-0.3, -0.25) is 9.48 Å². The van der Waals surface area contributed by atoms with Crippen LogP contribution in [0.1, 0.15) is 10.4 Å². The second-order valence-corrected chi connectivity index (χ2v) is 3.91. The maximum Gasteiger partial charge on any atom is 0.155 e. The van der Waals surface area contributed by atoms with E-state index in [4.69, 9.17) is 0 Å². The Morgan fingerprint density at radius 3 is 2.60 bits per heavy atom. The van der Waals surface area contributed by atoms with Gasteiger partial charge in [0.2, 0.25) is 0 Å². The van der Waals surface area contributed by atoms with Crippen molar-refractivity contribution in [3.8, 4) is 11.3 Å². The van der Waals surface area contributed by atoms with Gasteiger partial charge >= 0.3 is 0 Å². The molecule has 0 aliphatic rings. The third-order valence-corrected chi connectivity index (χ3v) is 3.12. The van der Waals surface area contributed by atoms with Gasteiger partial charge in [-0.25, -0.2) is 0 Å². The molecule has 4 heteroatoms. The smallest absolute Gasteiger partial charge is 0.155 e. The zero-order valence-corrected chi connectivity index (χ0v) is 9.73. The van der Waals surface area contributed by atoms with Crippen LogP contribution < -0.4 is 0 Å². The topological polar surface area (TPSA) is 34.9 Å². The van der Waals surface area contributed by atoms with Crippen molar-refractivity contribution in [2.45, 2.75) is 0 Å². The molecule has 15 heavy (non-hydrogen) atoms. The molecule has 1 aromatic carbocycles. The summed E-state index contributed by atoms with van der Waals surface area (Å²) in [5.74, 6) is 0. The highest BCUT2D eigenvalue weighted by Gasteiger charge is 2.14. The summed E-state index contributed by atoms with van der Waals surface area (Å²) >= 11 is 3.33. The first kappa shape index (κ1) is 10.1. The van der Waals surface area contributed by atoms with E-state index in [-0.39, 0.29) is 0 Å². The standard InChI is InChI=1S/C11H9BrN2O/c1-14-11(12)9(7-15)10(13-14)8-5-3-2-4-6-8/h2-7H,1H3. The maximum absolute atomic E-state index is 11.0. The van der Waals surface area contributed by atoms with Gasteiger partial charge in [-0.2, -0.15) is 5.10 Å². The van der Waals surface area contributed by atoms with Crippen molar-refractivity contribution in [2.75, 3.05) is 0 Å². The van der Waals surface area contributed by atoms with Crippen LogP contribution in [0, 0.1) is 0 Å². The molecular weight excluding hydrogens is 256 g/mol. The van der Waals surface area contributed by atoms with E-state index >= 15 is 0 Å². The first-order valence-electron chi connectivity index (χ1n) is 4.47. The molecule has 76 valence electrons. The van der Waals surface area contributed by atoms with Gasteiger partial charge < -0.3 is 0 Å². The number of aryl methyl sites for hydroxylation is 1. The Morgan fingerprint density at radius 1 is 1.33 bits per heavy atom. The summed E-state index contributed by atoms with van der Waals surface area (Å²) in [6.45, 7) is 0. The fourth-order valence-corrected chi connectivity index (χ4v) is 1.79. The van der Waals surface area contributed by atoms with Gasteiger partial charge in [-0.1, -0.05) is 30.3 Å². The van der Waals surface area contributed by atoms with Crippen molar-refractivity contribution < 1.29 is 4.79 Å². The SMILES string of the molecule is Cn1nc(-c2ccccc2)c(C=O)c1Br. The lowest BCUT2D eigenvalue weighted by molar-refractivity contribution is 0.112. The van der Waals surface area contributed by atoms with Crippen molar-refractivity contribution >= 4 is 22.2 Å². The van der Waals surface area contributed by atoms with E-state index in [2.05, 4.69) is 21.0 Å². The van der Waals surface area contributed by atoms with Gasteiger partial charge in [0.15, 0.2) is 6.29 Å². The molecule has 0 spiro atoms. The summed E-state index contributed by atoms with van der Waals surface area (Å²) in [7, 11) is 1.80. The second kappa shape index (κ2) is 3.98. The number of aldehydes is 1. The van der Waals surface area contributed by atoms with E-state index in [1.807, 2.05) is 30.3 Å². The number of nitrogens with zero attached hydrogens (tertiary/aromatic N) is 2. The number of hydrogen-bond acceptors (Lipinski definition) is 2. The van der Waals surface area contributed by atoms with Gasteiger partial charge in [0.25, 0.3) is 0 Å². The number of benzene rings is 1. The largest absolute Gasteiger partial charge is 0.298 e. The third kappa shape index (κ3) is 1.72. The van der Waals surface area contributed by atoms with Gasteiger partial charge in [0.1, 0.15) is 10.3 Å². The van der Waals surface area contributed by atoms with Crippen molar-refractivity contribution in [2.24, 2.45) is 7.05 Å². The second-order valence-electron chi connectivity index (χ2n) is 3.16. The van der Waals surface area contributed by atoms with E-state index in [1.165, 1.54) is 0 Å².